The summed E-state index contributed by atoms with van der Waals surface area (Å²) in [5.74, 6) is -0.300. The summed E-state index contributed by atoms with van der Waals surface area (Å²) in [6, 6.07) is 24.9. The van der Waals surface area contributed by atoms with Crippen LogP contribution in [0.2, 0.25) is 0 Å². The number of rotatable bonds is 10. The van der Waals surface area contributed by atoms with Crippen LogP contribution in [-0.2, 0) is 22.5 Å². The predicted molar refractivity (Wildman–Crippen MR) is 123 cm³/mol. The van der Waals surface area contributed by atoms with Gasteiger partial charge in [0, 0.05) is 12.1 Å². The third-order valence-electron chi connectivity index (χ3n) is 4.97. The highest BCUT2D eigenvalue weighted by Gasteiger charge is 2.15. The summed E-state index contributed by atoms with van der Waals surface area (Å²) < 4.78 is 4.96. The third-order valence-corrected chi connectivity index (χ3v) is 4.97. The molecule has 0 radical (unpaired) electrons. The van der Waals surface area contributed by atoms with Crippen molar-refractivity contribution >= 4 is 11.8 Å². The standard InChI is InChI=1S/C26H28N2O3/c1-2-31-26(30)24(27)16-19-11-13-21(14-12-19)23-10-6-7-20(15-23)17-28-18-25(29)22-8-4-3-5-9-22/h3-15,24,28H,2,16-18,27H2,1H3. The number of esters is 1. The third kappa shape index (κ3) is 6.60. The average Bonchev–Trinajstić information content (AvgIpc) is 2.80. The van der Waals surface area contributed by atoms with Crippen molar-refractivity contribution in [3.63, 3.8) is 0 Å². The van der Waals surface area contributed by atoms with Crippen molar-refractivity contribution in [2.45, 2.75) is 25.9 Å². The van der Waals surface area contributed by atoms with Crippen molar-refractivity contribution < 1.29 is 14.3 Å². The molecule has 1 atom stereocenters. The van der Waals surface area contributed by atoms with E-state index in [2.05, 4.69) is 17.4 Å². The van der Waals surface area contributed by atoms with Gasteiger partial charge in [0.2, 0.25) is 0 Å². The minimum Gasteiger partial charge on any atom is -0.465 e. The predicted octanol–water partition coefficient (Wildman–Crippen LogP) is 3.76. The number of ketones is 1. The monoisotopic (exact) mass is 416 g/mol. The molecule has 0 bridgehead atoms. The first-order valence-electron chi connectivity index (χ1n) is 10.5. The summed E-state index contributed by atoms with van der Waals surface area (Å²) in [6.07, 6.45) is 0.443. The van der Waals surface area contributed by atoms with Crippen LogP contribution in [0.1, 0.15) is 28.4 Å². The smallest absolute Gasteiger partial charge is 0.323 e. The van der Waals surface area contributed by atoms with Crippen LogP contribution >= 0.6 is 0 Å². The maximum atomic E-state index is 12.2. The van der Waals surface area contributed by atoms with E-state index in [9.17, 15) is 9.59 Å². The van der Waals surface area contributed by atoms with E-state index >= 15 is 0 Å². The lowest BCUT2D eigenvalue weighted by atomic mass is 9.99. The van der Waals surface area contributed by atoms with Crippen LogP contribution in [0.3, 0.4) is 0 Å². The number of ether oxygens (including phenoxy) is 1. The molecule has 31 heavy (non-hydrogen) atoms. The maximum absolute atomic E-state index is 12.2. The van der Waals surface area contributed by atoms with Crippen molar-refractivity contribution in [3.8, 4) is 11.1 Å². The van der Waals surface area contributed by atoms with Crippen molar-refractivity contribution in [3.05, 3.63) is 95.6 Å². The molecule has 3 rings (SSSR count). The summed E-state index contributed by atoms with van der Waals surface area (Å²) in [7, 11) is 0. The molecule has 0 aliphatic rings. The molecule has 160 valence electrons. The van der Waals surface area contributed by atoms with Crippen LogP contribution in [0.15, 0.2) is 78.9 Å². The fourth-order valence-electron chi connectivity index (χ4n) is 3.33. The average molecular weight is 417 g/mol. The second kappa shape index (κ2) is 11.2. The quantitative estimate of drug-likeness (QED) is 0.389. The normalized spacial score (nSPS) is 11.7. The van der Waals surface area contributed by atoms with E-state index < -0.39 is 6.04 Å². The number of carbonyl (C=O) groups is 2. The number of hydrogen-bond donors (Lipinski definition) is 2. The minimum atomic E-state index is -0.654. The molecule has 5 heteroatoms. The van der Waals surface area contributed by atoms with Gasteiger partial charge in [-0.25, -0.2) is 0 Å². The van der Waals surface area contributed by atoms with Gasteiger partial charge in [0.15, 0.2) is 5.78 Å². The van der Waals surface area contributed by atoms with Crippen LogP contribution < -0.4 is 11.1 Å². The number of benzene rings is 3. The van der Waals surface area contributed by atoms with Gasteiger partial charge in [0.05, 0.1) is 13.2 Å². The molecule has 0 spiro atoms. The second-order valence-electron chi connectivity index (χ2n) is 7.35. The summed E-state index contributed by atoms with van der Waals surface area (Å²) in [4.78, 5) is 23.9. The highest BCUT2D eigenvalue weighted by Crippen LogP contribution is 2.21. The number of hydrogen-bond acceptors (Lipinski definition) is 5. The van der Waals surface area contributed by atoms with Crippen molar-refractivity contribution in [1.29, 1.82) is 0 Å². The molecule has 0 fully saturated rings. The van der Waals surface area contributed by atoms with E-state index in [4.69, 9.17) is 10.5 Å². The number of Topliss-reactive ketones (excluding diaryl/α,β-unsaturated/α-hetero) is 1. The topological polar surface area (TPSA) is 81.4 Å². The number of nitrogens with two attached hydrogens (primary N) is 1. The zero-order valence-electron chi connectivity index (χ0n) is 17.7. The van der Waals surface area contributed by atoms with Gasteiger partial charge in [-0.05, 0) is 41.7 Å². The molecule has 0 aliphatic heterocycles. The molecule has 0 saturated heterocycles. The van der Waals surface area contributed by atoms with E-state index in [-0.39, 0.29) is 11.8 Å². The Balaban J connectivity index is 1.57. The van der Waals surface area contributed by atoms with E-state index in [0.717, 1.165) is 22.3 Å². The van der Waals surface area contributed by atoms with Gasteiger partial charge in [-0.2, -0.15) is 0 Å². The van der Waals surface area contributed by atoms with Crippen LogP contribution in [-0.4, -0.2) is 30.9 Å². The molecule has 0 saturated carbocycles. The Morgan fingerprint density at radius 1 is 0.903 bits per heavy atom. The fraction of sp³-hybridized carbons (Fsp3) is 0.231. The van der Waals surface area contributed by atoms with Crippen LogP contribution in [0.5, 0.6) is 0 Å². The lowest BCUT2D eigenvalue weighted by Crippen LogP contribution is -2.34. The molecule has 5 nitrogen and oxygen atoms in total. The van der Waals surface area contributed by atoms with Crippen LogP contribution in [0, 0.1) is 0 Å². The summed E-state index contributed by atoms with van der Waals surface area (Å²) in [5, 5.41) is 3.22. The zero-order valence-corrected chi connectivity index (χ0v) is 17.7. The molecule has 3 aromatic carbocycles. The first-order chi connectivity index (χ1) is 15.1. The van der Waals surface area contributed by atoms with Gasteiger partial charge < -0.3 is 15.8 Å². The van der Waals surface area contributed by atoms with E-state index in [1.165, 1.54) is 0 Å². The Morgan fingerprint density at radius 2 is 1.65 bits per heavy atom. The van der Waals surface area contributed by atoms with Gasteiger partial charge >= 0.3 is 5.97 Å². The highest BCUT2D eigenvalue weighted by molar-refractivity contribution is 5.97. The summed E-state index contributed by atoms with van der Waals surface area (Å²) >= 11 is 0. The number of carbonyl (C=O) groups excluding carboxylic acids is 2. The minimum absolute atomic E-state index is 0.0772. The first-order valence-corrected chi connectivity index (χ1v) is 10.5. The lowest BCUT2D eigenvalue weighted by molar-refractivity contribution is -0.144. The summed E-state index contributed by atoms with van der Waals surface area (Å²) in [5.41, 5.74) is 10.9. The van der Waals surface area contributed by atoms with Gasteiger partial charge in [0.1, 0.15) is 6.04 Å². The largest absolute Gasteiger partial charge is 0.465 e. The Labute approximate surface area is 183 Å². The van der Waals surface area contributed by atoms with E-state index in [1.54, 1.807) is 6.92 Å². The van der Waals surface area contributed by atoms with Gasteiger partial charge in [0.25, 0.3) is 0 Å². The molecule has 0 aromatic heterocycles. The Bertz CT molecular complexity index is 1000. The Kier molecular flexibility index (Phi) is 8.10. The molecular weight excluding hydrogens is 388 g/mol. The van der Waals surface area contributed by atoms with Crippen molar-refractivity contribution in [1.82, 2.24) is 5.32 Å². The fourth-order valence-corrected chi connectivity index (χ4v) is 3.33. The first kappa shape index (κ1) is 22.4. The summed E-state index contributed by atoms with van der Waals surface area (Å²) in [6.45, 7) is 3.00. The van der Waals surface area contributed by atoms with Gasteiger partial charge in [-0.3, -0.25) is 9.59 Å². The number of nitrogens with one attached hydrogen (secondary N) is 1. The molecule has 3 aromatic rings. The van der Waals surface area contributed by atoms with Gasteiger partial charge in [-0.15, -0.1) is 0 Å². The molecule has 1 unspecified atom stereocenters. The van der Waals surface area contributed by atoms with E-state index in [0.29, 0.717) is 31.7 Å². The maximum Gasteiger partial charge on any atom is 0.323 e. The lowest BCUT2D eigenvalue weighted by Gasteiger charge is -2.11. The molecule has 0 aliphatic carbocycles. The van der Waals surface area contributed by atoms with Crippen molar-refractivity contribution in [2.75, 3.05) is 13.2 Å². The second-order valence-corrected chi connectivity index (χ2v) is 7.35. The molecular formula is C26H28N2O3. The Morgan fingerprint density at radius 3 is 2.35 bits per heavy atom. The van der Waals surface area contributed by atoms with Crippen molar-refractivity contribution in [2.24, 2.45) is 5.73 Å². The zero-order chi connectivity index (χ0) is 22.1. The van der Waals surface area contributed by atoms with Crippen LogP contribution in [0.25, 0.3) is 11.1 Å². The molecule has 3 N–H and O–H groups in total. The SMILES string of the molecule is CCOC(=O)C(N)Cc1ccc(-c2cccc(CNCC(=O)c3ccccc3)c2)cc1. The van der Waals surface area contributed by atoms with Crippen LogP contribution in [0.4, 0.5) is 0 Å². The highest BCUT2D eigenvalue weighted by atomic mass is 16.5. The molecule has 0 heterocycles. The molecule has 0 amide bonds. The Hall–Kier alpha value is -3.28. The van der Waals surface area contributed by atoms with Gasteiger partial charge in [-0.1, -0.05) is 72.8 Å². The van der Waals surface area contributed by atoms with E-state index in [1.807, 2.05) is 66.7 Å².